The van der Waals surface area contributed by atoms with Crippen molar-refractivity contribution >= 4 is 17.6 Å². The third-order valence-corrected chi connectivity index (χ3v) is 4.33. The molecule has 1 amide bonds. The number of hydrogen-bond donors (Lipinski definition) is 0. The molecule has 1 aliphatic rings. The number of anilines is 1. The lowest BCUT2D eigenvalue weighted by molar-refractivity contribution is -0.140. The highest BCUT2D eigenvalue weighted by Gasteiger charge is 2.29. The second kappa shape index (κ2) is 7.29. The fourth-order valence-electron chi connectivity index (χ4n) is 3.11. The lowest BCUT2D eigenvalue weighted by Crippen LogP contribution is -2.41. The van der Waals surface area contributed by atoms with Gasteiger partial charge in [-0.15, -0.1) is 0 Å². The number of nitrogens with zero attached hydrogens (tertiary/aromatic N) is 3. The van der Waals surface area contributed by atoms with Gasteiger partial charge < -0.3 is 9.64 Å². The molecule has 0 saturated heterocycles. The van der Waals surface area contributed by atoms with Gasteiger partial charge >= 0.3 is 5.97 Å². The summed E-state index contributed by atoms with van der Waals surface area (Å²) >= 11 is 0. The average molecular weight is 327 g/mol. The van der Waals surface area contributed by atoms with Gasteiger partial charge in [0.25, 0.3) is 0 Å². The van der Waals surface area contributed by atoms with Crippen LogP contribution < -0.4 is 4.90 Å². The summed E-state index contributed by atoms with van der Waals surface area (Å²) in [6.45, 7) is 0.593. The fraction of sp³-hybridized carbons (Fsp3) is 0.389. The maximum atomic E-state index is 12.7. The van der Waals surface area contributed by atoms with Crippen molar-refractivity contribution in [2.75, 3.05) is 18.6 Å². The van der Waals surface area contributed by atoms with Crippen LogP contribution in [0, 0.1) is 0 Å². The molecular weight excluding hydrogens is 306 g/mol. The lowest BCUT2D eigenvalue weighted by Gasteiger charge is -2.34. The summed E-state index contributed by atoms with van der Waals surface area (Å²) in [6, 6.07) is 9.99. The predicted molar refractivity (Wildman–Crippen MR) is 89.6 cm³/mol. The molecule has 0 bridgehead atoms. The Bertz CT molecular complexity index is 712. The Morgan fingerprint density at radius 1 is 1.25 bits per heavy atom. The highest BCUT2D eigenvalue weighted by molar-refractivity contribution is 5.94. The molecule has 1 aromatic heterocycles. The van der Waals surface area contributed by atoms with Crippen molar-refractivity contribution in [3.05, 3.63) is 48.3 Å². The van der Waals surface area contributed by atoms with Gasteiger partial charge in [-0.05, 0) is 30.5 Å². The molecule has 0 spiro atoms. The van der Waals surface area contributed by atoms with Crippen LogP contribution in [0.1, 0.15) is 30.9 Å². The molecule has 126 valence electrons. The van der Waals surface area contributed by atoms with Crippen LogP contribution in [0.5, 0.6) is 0 Å². The van der Waals surface area contributed by atoms with Crippen LogP contribution >= 0.6 is 0 Å². The molecule has 0 radical (unpaired) electrons. The van der Waals surface area contributed by atoms with Crippen molar-refractivity contribution in [2.45, 2.75) is 31.7 Å². The van der Waals surface area contributed by atoms with E-state index in [4.69, 9.17) is 0 Å². The number of carbonyl (C=O) groups excluding carboxylic acids is 2. The first-order chi connectivity index (χ1) is 11.7. The summed E-state index contributed by atoms with van der Waals surface area (Å²) in [5.74, 6) is -0.250. The third-order valence-electron chi connectivity index (χ3n) is 4.33. The van der Waals surface area contributed by atoms with Gasteiger partial charge in [0.05, 0.1) is 13.2 Å². The molecule has 1 unspecified atom stereocenters. The normalized spacial score (nSPS) is 16.5. The summed E-state index contributed by atoms with van der Waals surface area (Å²) in [4.78, 5) is 25.7. The standard InChI is InChI=1S/C18H21N3O3/c1-24-18(23)9-4-8-17(22)20-13-15(21-11-5-10-19-21)12-14-6-2-3-7-16(14)20/h2-3,5-7,10-11,15H,4,8-9,12-13H2,1H3. The van der Waals surface area contributed by atoms with Crippen LogP contribution in [0.3, 0.4) is 0 Å². The quantitative estimate of drug-likeness (QED) is 0.791. The van der Waals surface area contributed by atoms with Gasteiger partial charge in [0.15, 0.2) is 0 Å². The minimum atomic E-state index is -0.281. The third kappa shape index (κ3) is 3.48. The van der Waals surface area contributed by atoms with Gasteiger partial charge in [0.1, 0.15) is 0 Å². The Kier molecular flexibility index (Phi) is 4.93. The molecule has 24 heavy (non-hydrogen) atoms. The lowest BCUT2D eigenvalue weighted by atomic mass is 9.97. The molecule has 2 heterocycles. The summed E-state index contributed by atoms with van der Waals surface area (Å²) in [5.41, 5.74) is 2.11. The summed E-state index contributed by atoms with van der Waals surface area (Å²) in [5, 5.41) is 4.32. The number of carbonyl (C=O) groups is 2. The second-order valence-electron chi connectivity index (χ2n) is 5.91. The first-order valence-electron chi connectivity index (χ1n) is 8.13. The maximum Gasteiger partial charge on any atom is 0.305 e. The van der Waals surface area contributed by atoms with Crippen LogP contribution in [-0.2, 0) is 20.7 Å². The summed E-state index contributed by atoms with van der Waals surface area (Å²) < 4.78 is 6.53. The monoisotopic (exact) mass is 327 g/mol. The van der Waals surface area contributed by atoms with E-state index in [1.54, 1.807) is 6.20 Å². The summed E-state index contributed by atoms with van der Waals surface area (Å²) in [6.07, 6.45) is 5.62. The Morgan fingerprint density at radius 3 is 2.83 bits per heavy atom. The molecule has 0 fully saturated rings. The van der Waals surface area contributed by atoms with Crippen molar-refractivity contribution in [3.8, 4) is 0 Å². The molecule has 3 rings (SSSR count). The van der Waals surface area contributed by atoms with Crippen LogP contribution in [0.25, 0.3) is 0 Å². The van der Waals surface area contributed by atoms with Gasteiger partial charge in [-0.3, -0.25) is 14.3 Å². The molecule has 0 aliphatic carbocycles. The number of fused-ring (bicyclic) bond motifs is 1. The molecule has 2 aromatic rings. The van der Waals surface area contributed by atoms with E-state index in [9.17, 15) is 9.59 Å². The highest BCUT2D eigenvalue weighted by atomic mass is 16.5. The van der Waals surface area contributed by atoms with Gasteiger partial charge in [-0.25, -0.2) is 0 Å². The van der Waals surface area contributed by atoms with Crippen LogP contribution in [0.15, 0.2) is 42.7 Å². The van der Waals surface area contributed by atoms with E-state index < -0.39 is 0 Å². The number of hydrogen-bond acceptors (Lipinski definition) is 4. The van der Waals surface area contributed by atoms with E-state index in [1.807, 2.05) is 40.0 Å². The smallest absolute Gasteiger partial charge is 0.305 e. The topological polar surface area (TPSA) is 64.4 Å². The molecule has 0 N–H and O–H groups in total. The Balaban J connectivity index is 1.75. The SMILES string of the molecule is COC(=O)CCCC(=O)N1CC(n2cccn2)Cc2ccccc21. The van der Waals surface area contributed by atoms with Gasteiger partial charge in [0, 0.05) is 37.5 Å². The van der Waals surface area contributed by atoms with E-state index in [2.05, 4.69) is 15.9 Å². The second-order valence-corrected chi connectivity index (χ2v) is 5.91. The zero-order chi connectivity index (χ0) is 16.9. The highest BCUT2D eigenvalue weighted by Crippen LogP contribution is 2.32. The number of amides is 1. The first-order valence-corrected chi connectivity index (χ1v) is 8.13. The Morgan fingerprint density at radius 2 is 2.08 bits per heavy atom. The molecule has 1 aromatic carbocycles. The Labute approximate surface area is 141 Å². The number of para-hydroxylation sites is 1. The van der Waals surface area contributed by atoms with Gasteiger partial charge in [-0.1, -0.05) is 18.2 Å². The average Bonchev–Trinajstić information content (AvgIpc) is 3.15. The zero-order valence-corrected chi connectivity index (χ0v) is 13.7. The first kappa shape index (κ1) is 16.2. The van der Waals surface area contributed by atoms with Crippen LogP contribution in [0.2, 0.25) is 0 Å². The van der Waals surface area contributed by atoms with Crippen molar-refractivity contribution < 1.29 is 14.3 Å². The molecule has 1 aliphatic heterocycles. The number of aromatic nitrogens is 2. The molecule has 1 atom stereocenters. The molecule has 0 saturated carbocycles. The number of methoxy groups -OCH3 is 1. The van der Waals surface area contributed by atoms with E-state index in [0.717, 1.165) is 17.7 Å². The molecule has 6 heteroatoms. The van der Waals surface area contributed by atoms with Crippen LogP contribution in [-0.4, -0.2) is 35.3 Å². The Hall–Kier alpha value is -2.63. The van der Waals surface area contributed by atoms with Crippen molar-refractivity contribution in [3.63, 3.8) is 0 Å². The van der Waals surface area contributed by atoms with Gasteiger partial charge in [-0.2, -0.15) is 5.10 Å². The number of benzene rings is 1. The molecule has 6 nitrogen and oxygen atoms in total. The summed E-state index contributed by atoms with van der Waals surface area (Å²) in [7, 11) is 1.36. The number of ether oxygens (including phenoxy) is 1. The van der Waals surface area contributed by atoms with E-state index in [0.29, 0.717) is 19.4 Å². The predicted octanol–water partition coefficient (Wildman–Crippen LogP) is 2.36. The van der Waals surface area contributed by atoms with Gasteiger partial charge in [0.2, 0.25) is 5.91 Å². The number of rotatable bonds is 5. The maximum absolute atomic E-state index is 12.7. The van der Waals surface area contributed by atoms with Crippen LogP contribution in [0.4, 0.5) is 5.69 Å². The van der Waals surface area contributed by atoms with E-state index in [1.165, 1.54) is 7.11 Å². The van der Waals surface area contributed by atoms with E-state index in [-0.39, 0.29) is 24.3 Å². The van der Waals surface area contributed by atoms with Crippen molar-refractivity contribution in [1.82, 2.24) is 9.78 Å². The zero-order valence-electron chi connectivity index (χ0n) is 13.7. The minimum Gasteiger partial charge on any atom is -0.469 e. The van der Waals surface area contributed by atoms with Crippen molar-refractivity contribution in [1.29, 1.82) is 0 Å². The largest absolute Gasteiger partial charge is 0.469 e. The number of esters is 1. The van der Waals surface area contributed by atoms with E-state index >= 15 is 0 Å². The fourth-order valence-corrected chi connectivity index (χ4v) is 3.11. The van der Waals surface area contributed by atoms with Crippen molar-refractivity contribution in [2.24, 2.45) is 0 Å². The minimum absolute atomic E-state index is 0.0307. The molecular formula is C18H21N3O3.